The molecule has 0 fully saturated rings. The van der Waals surface area contributed by atoms with E-state index in [0.717, 1.165) is 0 Å². The second kappa shape index (κ2) is 5.25. The monoisotopic (exact) mass is 228 g/mol. The van der Waals surface area contributed by atoms with E-state index < -0.39 is 11.4 Å². The summed E-state index contributed by atoms with van der Waals surface area (Å²) in [6.07, 6.45) is 0. The number of rotatable bonds is 5. The zero-order valence-corrected chi connectivity index (χ0v) is 9.20. The summed E-state index contributed by atoms with van der Waals surface area (Å²) in [6.45, 7) is 1.29. The van der Waals surface area contributed by atoms with E-state index in [-0.39, 0.29) is 25.4 Å². The van der Waals surface area contributed by atoms with Crippen molar-refractivity contribution >= 4 is 5.69 Å². The number of aliphatic hydroxyl groups excluding tert-OH is 2. The molecule has 5 N–H and O–H groups in total. The van der Waals surface area contributed by atoms with E-state index in [9.17, 15) is 4.39 Å². The maximum Gasteiger partial charge on any atom is 0.146 e. The molecule has 5 heteroatoms. The zero-order chi connectivity index (χ0) is 12.2. The van der Waals surface area contributed by atoms with Crippen LogP contribution in [0.25, 0.3) is 0 Å². The van der Waals surface area contributed by atoms with Crippen LogP contribution in [0.3, 0.4) is 0 Å². The molecule has 0 saturated heterocycles. The molecule has 16 heavy (non-hydrogen) atoms. The van der Waals surface area contributed by atoms with Gasteiger partial charge in [0.15, 0.2) is 0 Å². The molecule has 0 aliphatic carbocycles. The maximum atomic E-state index is 13.6. The molecular weight excluding hydrogens is 211 g/mol. The summed E-state index contributed by atoms with van der Waals surface area (Å²) in [4.78, 5) is 0. The Morgan fingerprint density at radius 3 is 2.44 bits per heavy atom. The molecule has 0 spiro atoms. The van der Waals surface area contributed by atoms with Crippen LogP contribution < -0.4 is 11.1 Å². The number of nitrogens with two attached hydrogens (primary N) is 1. The van der Waals surface area contributed by atoms with Crippen molar-refractivity contribution in [1.29, 1.82) is 0 Å². The Balaban J connectivity index is 2.89. The normalized spacial score (nSPS) is 11.6. The van der Waals surface area contributed by atoms with Gasteiger partial charge in [-0.15, -0.1) is 0 Å². The van der Waals surface area contributed by atoms with Gasteiger partial charge < -0.3 is 21.3 Å². The highest BCUT2D eigenvalue weighted by Gasteiger charge is 2.23. The summed E-state index contributed by atoms with van der Waals surface area (Å²) in [6, 6.07) is 4.57. The van der Waals surface area contributed by atoms with Crippen LogP contribution in [0, 0.1) is 5.82 Å². The van der Waals surface area contributed by atoms with Crippen molar-refractivity contribution in [3.63, 3.8) is 0 Å². The highest BCUT2D eigenvalue weighted by Crippen LogP contribution is 2.20. The summed E-state index contributed by atoms with van der Waals surface area (Å²) in [5.74, 6) is -0.448. The first kappa shape index (κ1) is 12.9. The van der Waals surface area contributed by atoms with Gasteiger partial charge in [-0.25, -0.2) is 4.39 Å². The molecule has 0 aliphatic rings. The van der Waals surface area contributed by atoms with E-state index >= 15 is 0 Å². The Morgan fingerprint density at radius 1 is 1.38 bits per heavy atom. The molecule has 0 saturated carbocycles. The van der Waals surface area contributed by atoms with Gasteiger partial charge in [0.25, 0.3) is 0 Å². The standard InChI is InChI=1S/C11H17FN2O2/c1-11(6-15,7-16)14-10-3-2-8(5-13)4-9(10)12/h2-4,14-16H,5-7,13H2,1H3. The minimum absolute atomic E-state index is 0.239. The van der Waals surface area contributed by atoms with Crippen LogP contribution in [0.5, 0.6) is 0 Å². The molecule has 0 heterocycles. The molecule has 0 aromatic heterocycles. The summed E-state index contributed by atoms with van der Waals surface area (Å²) in [5.41, 5.74) is 5.37. The molecular formula is C11H17FN2O2. The molecule has 0 bridgehead atoms. The Hall–Kier alpha value is -1.17. The molecule has 0 amide bonds. The van der Waals surface area contributed by atoms with Crippen LogP contribution in [0.15, 0.2) is 18.2 Å². The molecule has 1 aromatic rings. The highest BCUT2D eigenvalue weighted by molar-refractivity contribution is 5.48. The predicted molar refractivity (Wildman–Crippen MR) is 60.5 cm³/mol. The van der Waals surface area contributed by atoms with Gasteiger partial charge in [-0.05, 0) is 24.6 Å². The Labute approximate surface area is 93.9 Å². The predicted octanol–water partition coefficient (Wildman–Crippen LogP) is 0.440. The van der Waals surface area contributed by atoms with Gasteiger partial charge in [-0.1, -0.05) is 6.07 Å². The Kier molecular flexibility index (Phi) is 4.23. The number of nitrogens with one attached hydrogen (secondary N) is 1. The van der Waals surface area contributed by atoms with Crippen LogP contribution in [0.4, 0.5) is 10.1 Å². The molecule has 1 rings (SSSR count). The lowest BCUT2D eigenvalue weighted by molar-refractivity contribution is 0.147. The van der Waals surface area contributed by atoms with Crippen molar-refractivity contribution in [3.05, 3.63) is 29.6 Å². The van der Waals surface area contributed by atoms with E-state index in [1.807, 2.05) is 0 Å². The third-order valence-corrected chi connectivity index (χ3v) is 2.40. The van der Waals surface area contributed by atoms with Crippen molar-refractivity contribution in [1.82, 2.24) is 0 Å². The largest absolute Gasteiger partial charge is 0.394 e. The fourth-order valence-electron chi connectivity index (χ4n) is 1.24. The quantitative estimate of drug-likeness (QED) is 0.589. The van der Waals surface area contributed by atoms with Crippen LogP contribution in [-0.4, -0.2) is 29.0 Å². The van der Waals surface area contributed by atoms with E-state index in [4.69, 9.17) is 15.9 Å². The fraction of sp³-hybridized carbons (Fsp3) is 0.455. The molecule has 90 valence electrons. The van der Waals surface area contributed by atoms with Crippen LogP contribution in [0.2, 0.25) is 0 Å². The lowest BCUT2D eigenvalue weighted by atomic mass is 10.0. The van der Waals surface area contributed by atoms with Crippen molar-refractivity contribution in [3.8, 4) is 0 Å². The zero-order valence-electron chi connectivity index (χ0n) is 9.20. The van der Waals surface area contributed by atoms with Crippen LogP contribution in [0.1, 0.15) is 12.5 Å². The maximum absolute atomic E-state index is 13.6. The van der Waals surface area contributed by atoms with Crippen LogP contribution >= 0.6 is 0 Å². The molecule has 0 atom stereocenters. The third kappa shape index (κ3) is 2.91. The van der Waals surface area contributed by atoms with Crippen molar-refractivity contribution in [2.45, 2.75) is 19.0 Å². The van der Waals surface area contributed by atoms with Gasteiger partial charge in [0.2, 0.25) is 0 Å². The number of anilines is 1. The number of halogens is 1. The summed E-state index contributed by atoms with van der Waals surface area (Å²) in [7, 11) is 0. The van der Waals surface area contributed by atoms with Crippen molar-refractivity contribution in [2.75, 3.05) is 18.5 Å². The lowest BCUT2D eigenvalue weighted by Crippen LogP contribution is -2.42. The fourth-order valence-corrected chi connectivity index (χ4v) is 1.24. The second-order valence-corrected chi connectivity index (χ2v) is 4.02. The van der Waals surface area contributed by atoms with E-state index in [2.05, 4.69) is 5.32 Å². The smallest absolute Gasteiger partial charge is 0.146 e. The van der Waals surface area contributed by atoms with Gasteiger partial charge in [0.1, 0.15) is 5.82 Å². The number of aliphatic hydroxyl groups is 2. The third-order valence-electron chi connectivity index (χ3n) is 2.40. The molecule has 4 nitrogen and oxygen atoms in total. The number of hydrogen-bond donors (Lipinski definition) is 4. The summed E-state index contributed by atoms with van der Waals surface area (Å²) < 4.78 is 13.6. The van der Waals surface area contributed by atoms with E-state index in [0.29, 0.717) is 5.56 Å². The molecule has 0 aliphatic heterocycles. The minimum atomic E-state index is -0.939. The van der Waals surface area contributed by atoms with Gasteiger partial charge >= 0.3 is 0 Å². The summed E-state index contributed by atoms with van der Waals surface area (Å²) in [5, 5.41) is 20.9. The SMILES string of the molecule is CC(CO)(CO)Nc1ccc(CN)cc1F. The van der Waals surface area contributed by atoms with Gasteiger partial charge in [-0.3, -0.25) is 0 Å². The first-order valence-electron chi connectivity index (χ1n) is 5.03. The van der Waals surface area contributed by atoms with Crippen molar-refractivity contribution in [2.24, 2.45) is 5.73 Å². The average Bonchev–Trinajstić information content (AvgIpc) is 2.31. The second-order valence-electron chi connectivity index (χ2n) is 4.02. The van der Waals surface area contributed by atoms with Crippen LogP contribution in [-0.2, 0) is 6.54 Å². The lowest BCUT2D eigenvalue weighted by Gasteiger charge is -2.27. The molecule has 0 unspecified atom stereocenters. The topological polar surface area (TPSA) is 78.5 Å². The first-order chi connectivity index (χ1) is 7.54. The van der Waals surface area contributed by atoms with E-state index in [1.165, 1.54) is 6.07 Å². The first-order valence-corrected chi connectivity index (χ1v) is 5.03. The van der Waals surface area contributed by atoms with Gasteiger partial charge in [-0.2, -0.15) is 0 Å². The minimum Gasteiger partial charge on any atom is -0.394 e. The highest BCUT2D eigenvalue weighted by atomic mass is 19.1. The summed E-state index contributed by atoms with van der Waals surface area (Å²) >= 11 is 0. The van der Waals surface area contributed by atoms with Gasteiger partial charge in [0.05, 0.1) is 24.4 Å². The average molecular weight is 228 g/mol. The number of hydrogen-bond acceptors (Lipinski definition) is 4. The Bertz CT molecular complexity index is 354. The molecule has 1 aromatic carbocycles. The van der Waals surface area contributed by atoms with Crippen molar-refractivity contribution < 1.29 is 14.6 Å². The number of benzene rings is 1. The molecule has 0 radical (unpaired) electrons. The Morgan fingerprint density at radius 2 is 2.00 bits per heavy atom. The van der Waals surface area contributed by atoms with E-state index in [1.54, 1.807) is 19.1 Å². The van der Waals surface area contributed by atoms with Gasteiger partial charge in [0, 0.05) is 6.54 Å².